The molecular formula is C17H14Cl2N2O3. The number of aromatic nitrogens is 1. The molecule has 3 aromatic rings. The number of rotatable bonds is 5. The van der Waals surface area contributed by atoms with E-state index in [2.05, 4.69) is 5.18 Å². The Labute approximate surface area is 148 Å². The zero-order valence-corrected chi connectivity index (χ0v) is 14.3. The van der Waals surface area contributed by atoms with Gasteiger partial charge >= 0.3 is 0 Å². The molecule has 1 heterocycles. The fourth-order valence-electron chi connectivity index (χ4n) is 2.71. The third-order valence-electron chi connectivity index (χ3n) is 3.79. The zero-order valence-electron chi connectivity index (χ0n) is 12.8. The van der Waals surface area contributed by atoms with Crippen molar-refractivity contribution in [1.82, 2.24) is 4.57 Å². The van der Waals surface area contributed by atoms with E-state index in [4.69, 9.17) is 27.9 Å². The third-order valence-corrected chi connectivity index (χ3v) is 4.32. The first-order valence-corrected chi connectivity index (χ1v) is 8.00. The summed E-state index contributed by atoms with van der Waals surface area (Å²) in [5, 5.41) is 14.8. The van der Waals surface area contributed by atoms with Gasteiger partial charge in [-0.3, -0.25) is 0 Å². The first-order valence-electron chi connectivity index (χ1n) is 7.25. The van der Waals surface area contributed by atoms with E-state index in [9.17, 15) is 10.0 Å². The summed E-state index contributed by atoms with van der Waals surface area (Å²) in [6.07, 6.45) is 0. The number of nitroso groups, excluding NO2 is 1. The van der Waals surface area contributed by atoms with E-state index in [0.29, 0.717) is 27.7 Å². The molecule has 0 saturated heterocycles. The maximum Gasteiger partial charge on any atom is 0.222 e. The average molecular weight is 365 g/mol. The summed E-state index contributed by atoms with van der Waals surface area (Å²) in [5.74, 6) is 0.336. The van der Waals surface area contributed by atoms with E-state index in [0.717, 1.165) is 11.1 Å². The molecule has 3 rings (SSSR count). The van der Waals surface area contributed by atoms with Crippen LogP contribution in [0.15, 0.2) is 41.6 Å². The van der Waals surface area contributed by atoms with Gasteiger partial charge in [0.1, 0.15) is 12.4 Å². The standard InChI is InChI=1S/C17H14Cl2N2O3/c1-10-3-2-4-12-15(20-23)17(22)21(16(10)12)7-8-24-14-6-5-11(18)9-13(14)19/h2-6,9,22H,7-8H2,1H3. The van der Waals surface area contributed by atoms with Gasteiger partial charge in [0, 0.05) is 10.4 Å². The van der Waals surface area contributed by atoms with Crippen LogP contribution in [-0.2, 0) is 6.54 Å². The van der Waals surface area contributed by atoms with Crippen LogP contribution < -0.4 is 4.74 Å². The molecule has 0 aliphatic rings. The first-order chi connectivity index (χ1) is 11.5. The largest absolute Gasteiger partial charge is 0.493 e. The van der Waals surface area contributed by atoms with Crippen LogP contribution in [0.25, 0.3) is 10.9 Å². The smallest absolute Gasteiger partial charge is 0.222 e. The lowest BCUT2D eigenvalue weighted by Crippen LogP contribution is -2.08. The van der Waals surface area contributed by atoms with Crippen molar-refractivity contribution in [3.63, 3.8) is 0 Å². The predicted octanol–water partition coefficient (Wildman–Crippen LogP) is 5.44. The molecule has 24 heavy (non-hydrogen) atoms. The minimum atomic E-state index is -0.167. The molecule has 0 radical (unpaired) electrons. The van der Waals surface area contributed by atoms with Crippen molar-refractivity contribution in [3.05, 3.63) is 56.9 Å². The van der Waals surface area contributed by atoms with Crippen LogP contribution in [0.1, 0.15) is 5.56 Å². The van der Waals surface area contributed by atoms with Gasteiger partial charge in [-0.15, -0.1) is 4.91 Å². The Bertz CT molecular complexity index is 922. The van der Waals surface area contributed by atoms with Crippen molar-refractivity contribution in [3.8, 4) is 11.6 Å². The maximum atomic E-state index is 11.1. The van der Waals surface area contributed by atoms with Gasteiger partial charge in [0.25, 0.3) is 0 Å². The molecule has 7 heteroatoms. The minimum absolute atomic E-state index is 0.0400. The van der Waals surface area contributed by atoms with Gasteiger partial charge in [-0.2, -0.15) is 0 Å². The SMILES string of the molecule is Cc1cccc2c(N=O)c(O)n(CCOc3ccc(Cl)cc3Cl)c12. The number of para-hydroxylation sites is 1. The molecule has 0 spiro atoms. The van der Waals surface area contributed by atoms with Gasteiger partial charge in [-0.25, -0.2) is 0 Å². The van der Waals surface area contributed by atoms with Gasteiger partial charge in [0.15, 0.2) is 5.69 Å². The number of aromatic hydroxyl groups is 1. The molecule has 0 amide bonds. The van der Waals surface area contributed by atoms with Crippen LogP contribution in [-0.4, -0.2) is 16.3 Å². The summed E-state index contributed by atoms with van der Waals surface area (Å²) >= 11 is 11.9. The molecular weight excluding hydrogens is 351 g/mol. The molecule has 0 atom stereocenters. The Balaban J connectivity index is 1.88. The summed E-state index contributed by atoms with van der Waals surface area (Å²) < 4.78 is 7.27. The van der Waals surface area contributed by atoms with Crippen LogP contribution in [0.3, 0.4) is 0 Å². The molecule has 2 aromatic carbocycles. The van der Waals surface area contributed by atoms with E-state index in [1.165, 1.54) is 0 Å². The highest BCUT2D eigenvalue weighted by atomic mass is 35.5. The summed E-state index contributed by atoms with van der Waals surface area (Å²) in [6.45, 7) is 2.50. The normalized spacial score (nSPS) is 11.0. The van der Waals surface area contributed by atoms with Gasteiger partial charge < -0.3 is 14.4 Å². The minimum Gasteiger partial charge on any atom is -0.493 e. The number of halogens is 2. The number of hydrogen-bond acceptors (Lipinski definition) is 4. The molecule has 0 aliphatic heterocycles. The maximum absolute atomic E-state index is 11.1. The summed E-state index contributed by atoms with van der Waals surface area (Å²) in [7, 11) is 0. The lowest BCUT2D eigenvalue weighted by atomic mass is 10.1. The second-order valence-electron chi connectivity index (χ2n) is 5.31. The van der Waals surface area contributed by atoms with Crippen LogP contribution in [0.2, 0.25) is 10.0 Å². The predicted molar refractivity (Wildman–Crippen MR) is 95.8 cm³/mol. The summed E-state index contributed by atoms with van der Waals surface area (Å²) in [4.78, 5) is 11.1. The van der Waals surface area contributed by atoms with E-state index < -0.39 is 0 Å². The molecule has 1 N–H and O–H groups in total. The van der Waals surface area contributed by atoms with Crippen LogP contribution in [0.4, 0.5) is 5.69 Å². The molecule has 0 unspecified atom stereocenters. The lowest BCUT2D eigenvalue weighted by Gasteiger charge is -2.11. The molecule has 0 bridgehead atoms. The number of benzene rings is 2. The topological polar surface area (TPSA) is 63.8 Å². The van der Waals surface area contributed by atoms with Crippen molar-refractivity contribution in [2.75, 3.05) is 6.61 Å². The van der Waals surface area contributed by atoms with Gasteiger partial charge in [-0.05, 0) is 35.9 Å². The van der Waals surface area contributed by atoms with Gasteiger partial charge in [0.2, 0.25) is 5.88 Å². The summed E-state index contributed by atoms with van der Waals surface area (Å²) in [5.41, 5.74) is 1.73. The van der Waals surface area contributed by atoms with Crippen molar-refractivity contribution >= 4 is 39.8 Å². The Kier molecular flexibility index (Phi) is 4.64. The quantitative estimate of drug-likeness (QED) is 0.613. The first kappa shape index (κ1) is 16.6. The van der Waals surface area contributed by atoms with Crippen molar-refractivity contribution in [2.24, 2.45) is 5.18 Å². The Morgan fingerprint density at radius 3 is 2.75 bits per heavy atom. The van der Waals surface area contributed by atoms with Crippen LogP contribution in [0, 0.1) is 11.8 Å². The Morgan fingerprint density at radius 1 is 1.25 bits per heavy atom. The second kappa shape index (κ2) is 6.71. The van der Waals surface area contributed by atoms with Crippen molar-refractivity contribution in [2.45, 2.75) is 13.5 Å². The highest BCUT2D eigenvalue weighted by Gasteiger charge is 2.18. The van der Waals surface area contributed by atoms with E-state index >= 15 is 0 Å². The molecule has 0 fully saturated rings. The Morgan fingerprint density at radius 2 is 2.04 bits per heavy atom. The van der Waals surface area contributed by atoms with Gasteiger partial charge in [-0.1, -0.05) is 41.4 Å². The van der Waals surface area contributed by atoms with E-state index in [1.54, 1.807) is 28.8 Å². The highest BCUT2D eigenvalue weighted by molar-refractivity contribution is 6.35. The van der Waals surface area contributed by atoms with Crippen LogP contribution in [0.5, 0.6) is 11.6 Å². The van der Waals surface area contributed by atoms with E-state index in [-0.39, 0.29) is 18.2 Å². The molecule has 0 aliphatic carbocycles. The summed E-state index contributed by atoms with van der Waals surface area (Å²) in [6, 6.07) is 10.4. The van der Waals surface area contributed by atoms with Gasteiger partial charge in [0.05, 0.1) is 17.1 Å². The highest BCUT2D eigenvalue weighted by Crippen LogP contribution is 2.39. The van der Waals surface area contributed by atoms with E-state index in [1.807, 2.05) is 19.1 Å². The van der Waals surface area contributed by atoms with Crippen LogP contribution >= 0.6 is 23.2 Å². The third kappa shape index (κ3) is 2.92. The fourth-order valence-corrected chi connectivity index (χ4v) is 3.17. The number of hydrogen-bond donors (Lipinski definition) is 1. The van der Waals surface area contributed by atoms with Crippen molar-refractivity contribution in [1.29, 1.82) is 0 Å². The fraction of sp³-hybridized carbons (Fsp3) is 0.176. The zero-order chi connectivity index (χ0) is 17.3. The molecule has 1 aromatic heterocycles. The molecule has 5 nitrogen and oxygen atoms in total. The lowest BCUT2D eigenvalue weighted by molar-refractivity contribution is 0.291. The second-order valence-corrected chi connectivity index (χ2v) is 6.15. The number of ether oxygens (including phenoxy) is 1. The van der Waals surface area contributed by atoms with Crippen molar-refractivity contribution < 1.29 is 9.84 Å². The number of nitrogens with zero attached hydrogens (tertiary/aromatic N) is 2. The average Bonchev–Trinajstić information content (AvgIpc) is 2.82. The number of fused-ring (bicyclic) bond motifs is 1. The monoisotopic (exact) mass is 364 g/mol. The number of aryl methyl sites for hydroxylation is 1. The molecule has 0 saturated carbocycles. The molecule has 124 valence electrons. The Hall–Kier alpha value is -2.24.